The topological polar surface area (TPSA) is 90.2 Å². The van der Waals surface area contributed by atoms with Crippen LogP contribution in [0.1, 0.15) is 73.6 Å². The Morgan fingerprint density at radius 1 is 1.20 bits per heavy atom. The van der Waals surface area contributed by atoms with E-state index in [0.29, 0.717) is 11.8 Å². The van der Waals surface area contributed by atoms with Gasteiger partial charge in [0, 0.05) is 0 Å². The highest BCUT2D eigenvalue weighted by atomic mass is 16.4. The summed E-state index contributed by atoms with van der Waals surface area (Å²) in [6, 6.07) is 5.45. The molecule has 0 aromatic heterocycles. The molecule has 0 heterocycles. The number of carbonyl (C=O) groups is 2. The van der Waals surface area contributed by atoms with Gasteiger partial charge < -0.3 is 10.4 Å². The molecule has 0 bridgehead atoms. The normalized spacial score (nSPS) is 17.8. The minimum absolute atomic E-state index is 0.154. The van der Waals surface area contributed by atoms with Gasteiger partial charge in [0.15, 0.2) is 0 Å². The first-order valence-corrected chi connectivity index (χ1v) is 8.99. The standard InChI is InChI=1S/C20H24N2O3/c1-11(2)19(20(24)25)22-18(23)9-12-7-15(13-3-4-13)17(10-21)16(8-12)14-5-6-14/h7-8,11,13-14,19H,3-6,9H2,1-2H3,(H,22,23)(H,24,25)/t19-/m1/s1. The third-order valence-corrected chi connectivity index (χ3v) is 5.02. The van der Waals surface area contributed by atoms with Gasteiger partial charge in [-0.05, 0) is 60.1 Å². The molecule has 5 heteroatoms. The molecule has 0 aliphatic heterocycles. The maximum absolute atomic E-state index is 12.3. The third kappa shape index (κ3) is 4.01. The van der Waals surface area contributed by atoms with Gasteiger partial charge in [-0.1, -0.05) is 26.0 Å². The van der Waals surface area contributed by atoms with E-state index in [4.69, 9.17) is 0 Å². The summed E-state index contributed by atoms with van der Waals surface area (Å²) < 4.78 is 0. The zero-order valence-corrected chi connectivity index (χ0v) is 14.7. The van der Waals surface area contributed by atoms with E-state index < -0.39 is 12.0 Å². The zero-order valence-electron chi connectivity index (χ0n) is 14.7. The van der Waals surface area contributed by atoms with E-state index in [1.54, 1.807) is 13.8 Å². The highest BCUT2D eigenvalue weighted by Crippen LogP contribution is 2.47. The summed E-state index contributed by atoms with van der Waals surface area (Å²) in [4.78, 5) is 23.6. The van der Waals surface area contributed by atoms with Gasteiger partial charge in [-0.15, -0.1) is 0 Å². The largest absolute Gasteiger partial charge is 0.480 e. The molecule has 25 heavy (non-hydrogen) atoms. The number of nitrogens with zero attached hydrogens (tertiary/aromatic N) is 1. The number of carboxylic acids is 1. The summed E-state index contributed by atoms with van der Waals surface area (Å²) in [5, 5.41) is 21.4. The Morgan fingerprint density at radius 2 is 1.72 bits per heavy atom. The van der Waals surface area contributed by atoms with E-state index >= 15 is 0 Å². The minimum atomic E-state index is -1.01. The molecule has 0 spiro atoms. The van der Waals surface area contributed by atoms with Crippen LogP contribution in [-0.4, -0.2) is 23.0 Å². The summed E-state index contributed by atoms with van der Waals surface area (Å²) in [5.74, 6) is -0.587. The quantitative estimate of drug-likeness (QED) is 0.798. The number of aliphatic carboxylic acids is 1. The van der Waals surface area contributed by atoms with Crippen molar-refractivity contribution < 1.29 is 14.7 Å². The summed E-state index contributed by atoms with van der Waals surface area (Å²) in [7, 11) is 0. The fourth-order valence-electron chi connectivity index (χ4n) is 3.34. The van der Waals surface area contributed by atoms with Crippen LogP contribution < -0.4 is 5.32 Å². The molecule has 5 nitrogen and oxygen atoms in total. The molecule has 2 aliphatic carbocycles. The Morgan fingerprint density at radius 3 is 2.08 bits per heavy atom. The first-order valence-electron chi connectivity index (χ1n) is 8.99. The first-order chi connectivity index (χ1) is 11.9. The number of benzene rings is 1. The molecule has 0 unspecified atom stereocenters. The van der Waals surface area contributed by atoms with E-state index in [0.717, 1.165) is 47.9 Å². The van der Waals surface area contributed by atoms with Crippen molar-refractivity contribution in [3.05, 3.63) is 34.4 Å². The van der Waals surface area contributed by atoms with Crippen molar-refractivity contribution in [3.63, 3.8) is 0 Å². The number of hydrogen-bond donors (Lipinski definition) is 2. The Balaban J connectivity index is 1.81. The Kier molecular flexibility index (Phi) is 4.80. The van der Waals surface area contributed by atoms with Gasteiger partial charge in [0.25, 0.3) is 0 Å². The number of rotatable bonds is 7. The second-order valence-corrected chi connectivity index (χ2v) is 7.61. The van der Waals surface area contributed by atoms with Gasteiger partial charge >= 0.3 is 5.97 Å². The molecule has 132 valence electrons. The van der Waals surface area contributed by atoms with E-state index in [9.17, 15) is 20.0 Å². The molecule has 2 saturated carbocycles. The fourth-order valence-corrected chi connectivity index (χ4v) is 3.34. The van der Waals surface area contributed by atoms with Crippen molar-refractivity contribution in [2.45, 2.75) is 63.8 Å². The van der Waals surface area contributed by atoms with Crippen LogP contribution in [0.2, 0.25) is 0 Å². The maximum atomic E-state index is 12.3. The highest BCUT2D eigenvalue weighted by Gasteiger charge is 2.33. The lowest BCUT2D eigenvalue weighted by Gasteiger charge is -2.18. The second-order valence-electron chi connectivity index (χ2n) is 7.61. The number of nitriles is 1. The summed E-state index contributed by atoms with van der Waals surface area (Å²) in [6.07, 6.45) is 4.55. The number of nitrogens with one attached hydrogen (secondary N) is 1. The smallest absolute Gasteiger partial charge is 0.326 e. The predicted octanol–water partition coefficient (Wildman–Crippen LogP) is 3.08. The van der Waals surface area contributed by atoms with Gasteiger partial charge in [0.1, 0.15) is 6.04 Å². The molecular weight excluding hydrogens is 316 g/mol. The van der Waals surface area contributed by atoms with Crippen molar-refractivity contribution in [1.82, 2.24) is 5.32 Å². The van der Waals surface area contributed by atoms with Crippen LogP contribution in [0.5, 0.6) is 0 Å². The number of carboxylic acid groups (broad SMARTS) is 1. The van der Waals surface area contributed by atoms with Gasteiger partial charge in [0.2, 0.25) is 5.91 Å². The molecule has 3 rings (SSSR count). The number of carbonyl (C=O) groups excluding carboxylic acids is 1. The fraction of sp³-hybridized carbons (Fsp3) is 0.550. The molecule has 1 aromatic carbocycles. The van der Waals surface area contributed by atoms with Crippen molar-refractivity contribution in [3.8, 4) is 6.07 Å². The third-order valence-electron chi connectivity index (χ3n) is 5.02. The van der Waals surface area contributed by atoms with E-state index in [-0.39, 0.29) is 18.2 Å². The molecule has 0 radical (unpaired) electrons. The van der Waals surface area contributed by atoms with Crippen LogP contribution in [-0.2, 0) is 16.0 Å². The molecule has 2 N–H and O–H groups in total. The predicted molar refractivity (Wildman–Crippen MR) is 93.2 cm³/mol. The Labute approximate surface area is 148 Å². The van der Waals surface area contributed by atoms with Crippen LogP contribution in [0.3, 0.4) is 0 Å². The monoisotopic (exact) mass is 340 g/mol. The van der Waals surface area contributed by atoms with Crippen LogP contribution in [0.25, 0.3) is 0 Å². The Bertz CT molecular complexity index is 707. The highest BCUT2D eigenvalue weighted by molar-refractivity contribution is 5.85. The maximum Gasteiger partial charge on any atom is 0.326 e. The lowest BCUT2D eigenvalue weighted by Crippen LogP contribution is -2.44. The van der Waals surface area contributed by atoms with E-state index in [1.165, 1.54) is 0 Å². The van der Waals surface area contributed by atoms with Crippen LogP contribution >= 0.6 is 0 Å². The van der Waals surface area contributed by atoms with Gasteiger partial charge in [-0.3, -0.25) is 4.79 Å². The molecule has 2 aliphatic rings. The van der Waals surface area contributed by atoms with Crippen LogP contribution in [0, 0.1) is 17.2 Å². The van der Waals surface area contributed by atoms with E-state index in [2.05, 4.69) is 11.4 Å². The van der Waals surface area contributed by atoms with Gasteiger partial charge in [-0.2, -0.15) is 5.26 Å². The van der Waals surface area contributed by atoms with Crippen molar-refractivity contribution in [1.29, 1.82) is 5.26 Å². The van der Waals surface area contributed by atoms with E-state index in [1.807, 2.05) is 12.1 Å². The summed E-state index contributed by atoms with van der Waals surface area (Å²) in [5.41, 5.74) is 3.84. The SMILES string of the molecule is CC(C)[C@@H](NC(=O)Cc1cc(C2CC2)c(C#N)c(C2CC2)c1)C(=O)O. The second kappa shape index (κ2) is 6.87. The lowest BCUT2D eigenvalue weighted by molar-refractivity contribution is -0.143. The zero-order chi connectivity index (χ0) is 18.1. The van der Waals surface area contributed by atoms with Crippen LogP contribution in [0.15, 0.2) is 12.1 Å². The van der Waals surface area contributed by atoms with Crippen LogP contribution in [0.4, 0.5) is 0 Å². The number of hydrogen-bond acceptors (Lipinski definition) is 3. The van der Waals surface area contributed by atoms with Crippen molar-refractivity contribution >= 4 is 11.9 Å². The summed E-state index contributed by atoms with van der Waals surface area (Å²) >= 11 is 0. The summed E-state index contributed by atoms with van der Waals surface area (Å²) in [6.45, 7) is 3.55. The molecule has 1 amide bonds. The average Bonchev–Trinajstić information content (AvgIpc) is 3.44. The lowest BCUT2D eigenvalue weighted by atomic mass is 9.92. The Hall–Kier alpha value is -2.35. The molecule has 0 saturated heterocycles. The number of amides is 1. The molecule has 1 atom stereocenters. The minimum Gasteiger partial charge on any atom is -0.480 e. The molecular formula is C20H24N2O3. The van der Waals surface area contributed by atoms with Crippen molar-refractivity contribution in [2.75, 3.05) is 0 Å². The van der Waals surface area contributed by atoms with Crippen molar-refractivity contribution in [2.24, 2.45) is 5.92 Å². The first kappa shape index (κ1) is 17.5. The van der Waals surface area contributed by atoms with Gasteiger partial charge in [-0.25, -0.2) is 4.79 Å². The average molecular weight is 340 g/mol. The molecule has 2 fully saturated rings. The van der Waals surface area contributed by atoms with Gasteiger partial charge in [0.05, 0.1) is 18.1 Å². The molecule has 1 aromatic rings.